The zero-order chi connectivity index (χ0) is 12.8. The Balaban J connectivity index is 2.75. The van der Waals surface area contributed by atoms with Gasteiger partial charge in [0.25, 0.3) is 0 Å². The molecule has 1 nitrogen and oxygen atoms in total. The second kappa shape index (κ2) is 7.25. The molecule has 0 amide bonds. The van der Waals surface area contributed by atoms with Crippen LogP contribution in [0.4, 0.5) is 0 Å². The average molecular weight is 274 g/mol. The van der Waals surface area contributed by atoms with Gasteiger partial charge in [-0.15, -0.1) is 0 Å². The molecular weight excluding hydrogens is 253 g/mol. The van der Waals surface area contributed by atoms with Crippen LogP contribution in [0.2, 0.25) is 10.0 Å². The summed E-state index contributed by atoms with van der Waals surface area (Å²) in [7, 11) is 0. The third-order valence-corrected chi connectivity index (χ3v) is 3.90. The summed E-state index contributed by atoms with van der Waals surface area (Å²) in [5.74, 6) is 0. The summed E-state index contributed by atoms with van der Waals surface area (Å²) in [5.41, 5.74) is 1.08. The van der Waals surface area contributed by atoms with Crippen molar-refractivity contribution in [3.05, 3.63) is 33.8 Å². The predicted octanol–water partition coefficient (Wildman–Crippen LogP) is 5.22. The maximum atomic E-state index is 6.22. The van der Waals surface area contributed by atoms with Crippen LogP contribution >= 0.6 is 23.2 Å². The topological polar surface area (TPSA) is 12.0 Å². The van der Waals surface area contributed by atoms with E-state index in [1.807, 2.05) is 18.2 Å². The van der Waals surface area contributed by atoms with Gasteiger partial charge < -0.3 is 5.32 Å². The molecule has 0 aliphatic rings. The molecule has 0 saturated carbocycles. The maximum absolute atomic E-state index is 6.22. The van der Waals surface area contributed by atoms with E-state index < -0.39 is 0 Å². The molecular formula is C14H21Cl2N. The molecule has 0 radical (unpaired) electrons. The van der Waals surface area contributed by atoms with Crippen molar-refractivity contribution in [2.24, 2.45) is 0 Å². The zero-order valence-electron chi connectivity index (χ0n) is 10.8. The fraction of sp³-hybridized carbons (Fsp3) is 0.571. The second-order valence-corrected chi connectivity index (χ2v) is 5.21. The van der Waals surface area contributed by atoms with E-state index in [1.54, 1.807) is 0 Å². The first-order valence-electron chi connectivity index (χ1n) is 6.30. The van der Waals surface area contributed by atoms with E-state index in [-0.39, 0.29) is 6.04 Å². The van der Waals surface area contributed by atoms with Gasteiger partial charge in [-0.25, -0.2) is 0 Å². The minimum Gasteiger partial charge on any atom is -0.307 e. The summed E-state index contributed by atoms with van der Waals surface area (Å²) >= 11 is 12.2. The SMILES string of the molecule is CCCC(CC)NC(C)c1cccc(Cl)c1Cl. The standard InChI is InChI=1S/C14H21Cl2N/c1-4-7-11(5-2)17-10(3)12-8-6-9-13(15)14(12)16/h6,8-11,17H,4-5,7H2,1-3H3. The summed E-state index contributed by atoms with van der Waals surface area (Å²) in [4.78, 5) is 0. The molecule has 0 aromatic heterocycles. The summed E-state index contributed by atoms with van der Waals surface area (Å²) in [6, 6.07) is 6.58. The second-order valence-electron chi connectivity index (χ2n) is 4.43. The van der Waals surface area contributed by atoms with Crippen molar-refractivity contribution in [1.82, 2.24) is 5.32 Å². The van der Waals surface area contributed by atoms with Crippen molar-refractivity contribution in [3.63, 3.8) is 0 Å². The van der Waals surface area contributed by atoms with Crippen LogP contribution < -0.4 is 5.32 Å². The largest absolute Gasteiger partial charge is 0.307 e. The Labute approximate surface area is 115 Å². The van der Waals surface area contributed by atoms with Gasteiger partial charge in [-0.05, 0) is 31.4 Å². The molecule has 2 unspecified atom stereocenters. The van der Waals surface area contributed by atoms with Gasteiger partial charge >= 0.3 is 0 Å². The zero-order valence-corrected chi connectivity index (χ0v) is 12.3. The summed E-state index contributed by atoms with van der Waals surface area (Å²) in [6.45, 7) is 6.55. The summed E-state index contributed by atoms with van der Waals surface area (Å²) in [6.07, 6.45) is 3.52. The van der Waals surface area contributed by atoms with E-state index in [4.69, 9.17) is 23.2 Å². The Morgan fingerprint density at radius 1 is 1.24 bits per heavy atom. The van der Waals surface area contributed by atoms with Gasteiger partial charge in [0.1, 0.15) is 0 Å². The third-order valence-electron chi connectivity index (χ3n) is 3.06. The number of benzene rings is 1. The third kappa shape index (κ3) is 4.17. The van der Waals surface area contributed by atoms with Crippen LogP contribution in [0.3, 0.4) is 0 Å². The first-order valence-corrected chi connectivity index (χ1v) is 7.05. The molecule has 1 aromatic carbocycles. The molecule has 0 spiro atoms. The lowest BCUT2D eigenvalue weighted by Gasteiger charge is -2.23. The molecule has 0 fully saturated rings. The van der Waals surface area contributed by atoms with Crippen molar-refractivity contribution in [1.29, 1.82) is 0 Å². The molecule has 0 aliphatic heterocycles. The molecule has 3 heteroatoms. The molecule has 0 heterocycles. The van der Waals surface area contributed by atoms with Gasteiger partial charge in [-0.3, -0.25) is 0 Å². The van der Waals surface area contributed by atoms with Crippen LogP contribution in [0.25, 0.3) is 0 Å². The van der Waals surface area contributed by atoms with Gasteiger partial charge in [-0.1, -0.05) is 55.6 Å². The average Bonchev–Trinajstić information content (AvgIpc) is 2.31. The minimum atomic E-state index is 0.234. The van der Waals surface area contributed by atoms with E-state index in [0.717, 1.165) is 12.0 Å². The quantitative estimate of drug-likeness (QED) is 0.749. The highest BCUT2D eigenvalue weighted by Gasteiger charge is 2.14. The van der Waals surface area contributed by atoms with E-state index in [2.05, 4.69) is 26.1 Å². The van der Waals surface area contributed by atoms with Gasteiger partial charge in [0, 0.05) is 12.1 Å². The van der Waals surface area contributed by atoms with Gasteiger partial charge in [0.15, 0.2) is 0 Å². The molecule has 0 aliphatic carbocycles. The number of hydrogen-bond acceptors (Lipinski definition) is 1. The van der Waals surface area contributed by atoms with Crippen LogP contribution in [-0.4, -0.2) is 6.04 Å². The number of rotatable bonds is 6. The minimum absolute atomic E-state index is 0.234. The smallest absolute Gasteiger partial charge is 0.0639 e. The fourth-order valence-corrected chi connectivity index (χ4v) is 2.52. The Kier molecular flexibility index (Phi) is 6.32. The van der Waals surface area contributed by atoms with E-state index >= 15 is 0 Å². The monoisotopic (exact) mass is 273 g/mol. The summed E-state index contributed by atoms with van der Waals surface area (Å²) in [5, 5.41) is 4.90. The lowest BCUT2D eigenvalue weighted by atomic mass is 10.0. The first-order chi connectivity index (χ1) is 8.10. The van der Waals surface area contributed by atoms with Crippen molar-refractivity contribution in [3.8, 4) is 0 Å². The Morgan fingerprint density at radius 2 is 1.94 bits per heavy atom. The Morgan fingerprint density at radius 3 is 2.53 bits per heavy atom. The van der Waals surface area contributed by atoms with Crippen molar-refractivity contribution >= 4 is 23.2 Å². The van der Waals surface area contributed by atoms with Crippen molar-refractivity contribution < 1.29 is 0 Å². The summed E-state index contributed by atoms with van der Waals surface area (Å²) < 4.78 is 0. The highest BCUT2D eigenvalue weighted by molar-refractivity contribution is 6.42. The van der Waals surface area contributed by atoms with Gasteiger partial charge in [0.2, 0.25) is 0 Å². The molecule has 0 bridgehead atoms. The predicted molar refractivity (Wildman–Crippen MR) is 77.0 cm³/mol. The van der Waals surface area contributed by atoms with Crippen LogP contribution in [-0.2, 0) is 0 Å². The van der Waals surface area contributed by atoms with Gasteiger partial charge in [-0.2, -0.15) is 0 Å². The van der Waals surface area contributed by atoms with E-state index in [1.165, 1.54) is 12.8 Å². The molecule has 1 aromatic rings. The lowest BCUT2D eigenvalue weighted by Crippen LogP contribution is -2.31. The molecule has 96 valence electrons. The lowest BCUT2D eigenvalue weighted by molar-refractivity contribution is 0.417. The highest BCUT2D eigenvalue weighted by atomic mass is 35.5. The first kappa shape index (κ1) is 14.8. The Hall–Kier alpha value is -0.240. The van der Waals surface area contributed by atoms with Gasteiger partial charge in [0.05, 0.1) is 10.0 Å². The molecule has 17 heavy (non-hydrogen) atoms. The molecule has 1 rings (SSSR count). The Bertz CT molecular complexity index is 352. The van der Waals surface area contributed by atoms with Crippen LogP contribution in [0, 0.1) is 0 Å². The van der Waals surface area contributed by atoms with Crippen LogP contribution in [0.5, 0.6) is 0 Å². The highest BCUT2D eigenvalue weighted by Crippen LogP contribution is 2.30. The molecule has 1 N–H and O–H groups in total. The number of halogens is 2. The fourth-order valence-electron chi connectivity index (χ4n) is 2.05. The number of nitrogens with one attached hydrogen (secondary N) is 1. The van der Waals surface area contributed by atoms with Crippen LogP contribution in [0.15, 0.2) is 18.2 Å². The van der Waals surface area contributed by atoms with E-state index in [0.29, 0.717) is 16.1 Å². The van der Waals surface area contributed by atoms with Crippen LogP contribution in [0.1, 0.15) is 51.6 Å². The van der Waals surface area contributed by atoms with E-state index in [9.17, 15) is 0 Å². The molecule has 2 atom stereocenters. The number of hydrogen-bond donors (Lipinski definition) is 1. The van der Waals surface area contributed by atoms with Crippen molar-refractivity contribution in [2.75, 3.05) is 0 Å². The molecule has 0 saturated heterocycles. The normalized spacial score (nSPS) is 14.6. The van der Waals surface area contributed by atoms with Crippen molar-refractivity contribution in [2.45, 2.75) is 52.1 Å². The maximum Gasteiger partial charge on any atom is 0.0639 e.